The first kappa shape index (κ1) is 55.5. The number of esters is 2. The lowest BCUT2D eigenvalue weighted by atomic mass is 9.83. The molecule has 0 heterocycles. The van der Waals surface area contributed by atoms with Gasteiger partial charge < -0.3 is 4.74 Å². The number of carbonyl (C=O) groups excluding carboxylic acids is 2. The Bertz CT molecular complexity index is 936. The van der Waals surface area contributed by atoms with Crippen molar-refractivity contribution < 1.29 is 14.3 Å². The highest BCUT2D eigenvalue weighted by molar-refractivity contribution is 5.95. The average Bonchev–Trinajstić information content (AvgIpc) is 3.16. The lowest BCUT2D eigenvalue weighted by Crippen LogP contribution is -2.64. The third kappa shape index (κ3) is 22.1. The number of unbranched alkanes of at least 4 members (excludes halogenated alkanes) is 20. The zero-order valence-corrected chi connectivity index (χ0v) is 40.5. The molecule has 2 unspecified atom stereocenters. The first-order chi connectivity index (χ1) is 27.3. The van der Waals surface area contributed by atoms with Crippen molar-refractivity contribution >= 4 is 11.9 Å². The summed E-state index contributed by atoms with van der Waals surface area (Å²) in [5, 5.41) is 0. The summed E-state index contributed by atoms with van der Waals surface area (Å²) >= 11 is 0. The molecule has 0 aliphatic carbocycles. The monoisotopic (exact) mass is 801 g/mol. The van der Waals surface area contributed by atoms with E-state index in [1.54, 1.807) is 0 Å². The van der Waals surface area contributed by atoms with E-state index < -0.39 is 11.1 Å². The molecule has 2 atom stereocenters. The molecule has 0 amide bonds. The van der Waals surface area contributed by atoms with Crippen LogP contribution < -0.4 is 0 Å². The largest absolute Gasteiger partial charge is 0.390 e. The van der Waals surface area contributed by atoms with Crippen LogP contribution in [0.1, 0.15) is 263 Å². The highest BCUT2D eigenvalue weighted by Crippen LogP contribution is 2.37. The number of hydrogen-bond donors (Lipinski definition) is 0. The molecule has 0 saturated carbocycles. The van der Waals surface area contributed by atoms with Gasteiger partial charge in [0.2, 0.25) is 0 Å². The Balaban J connectivity index is 5.63. The summed E-state index contributed by atoms with van der Waals surface area (Å²) < 4.78 is 6.29. The van der Waals surface area contributed by atoms with Crippen molar-refractivity contribution in [3.8, 4) is 0 Å². The van der Waals surface area contributed by atoms with Gasteiger partial charge in [0.15, 0.2) is 0 Å². The molecule has 57 heavy (non-hydrogen) atoms. The maximum absolute atomic E-state index is 14.7. The van der Waals surface area contributed by atoms with E-state index in [1.807, 2.05) is 0 Å². The van der Waals surface area contributed by atoms with Gasteiger partial charge in [0, 0.05) is 24.2 Å². The molecule has 0 radical (unpaired) electrons. The maximum Gasteiger partial charge on any atom is 0.334 e. The van der Waals surface area contributed by atoms with E-state index >= 15 is 0 Å². The molecule has 0 spiro atoms. The highest BCUT2D eigenvalue weighted by atomic mass is 16.6. The second-order valence-corrected chi connectivity index (χ2v) is 18.6. The van der Waals surface area contributed by atoms with E-state index in [1.165, 1.54) is 103 Å². The first-order valence-electron chi connectivity index (χ1n) is 25.0. The van der Waals surface area contributed by atoms with Crippen LogP contribution in [0.4, 0.5) is 0 Å². The molecule has 0 aromatic rings. The Morgan fingerprint density at radius 1 is 0.404 bits per heavy atom. The van der Waals surface area contributed by atoms with Crippen molar-refractivity contribution in [1.82, 2.24) is 9.80 Å². The van der Waals surface area contributed by atoms with Gasteiger partial charge in [-0.1, -0.05) is 155 Å². The van der Waals surface area contributed by atoms with Crippen molar-refractivity contribution in [2.24, 2.45) is 0 Å². The molecule has 0 aromatic carbocycles. The predicted molar refractivity (Wildman–Crippen MR) is 251 cm³/mol. The topological polar surface area (TPSA) is 49.9 Å². The number of nitrogens with zero attached hydrogens (tertiary/aromatic N) is 2. The Morgan fingerprint density at radius 3 is 0.895 bits per heavy atom. The fourth-order valence-corrected chi connectivity index (χ4v) is 9.75. The molecule has 0 fully saturated rings. The van der Waals surface area contributed by atoms with E-state index in [4.69, 9.17) is 4.74 Å². The number of allylic oxidation sites excluding steroid dienone is 4. The number of ether oxygens (including phenoxy) is 1. The van der Waals surface area contributed by atoms with Crippen LogP contribution in [0.2, 0.25) is 0 Å². The van der Waals surface area contributed by atoms with Gasteiger partial charge in [-0.25, -0.2) is 9.59 Å². The van der Waals surface area contributed by atoms with Gasteiger partial charge in [-0.3, -0.25) is 9.80 Å². The number of rotatable bonds is 38. The van der Waals surface area contributed by atoms with Crippen LogP contribution >= 0.6 is 0 Å². The molecule has 0 N–H and O–H groups in total. The van der Waals surface area contributed by atoms with E-state index in [0.717, 1.165) is 51.4 Å². The van der Waals surface area contributed by atoms with E-state index in [2.05, 4.69) is 117 Å². The summed E-state index contributed by atoms with van der Waals surface area (Å²) in [6, 6.07) is 0.587. The molecule has 0 aliphatic heterocycles. The van der Waals surface area contributed by atoms with E-state index in [-0.39, 0.29) is 36.1 Å². The van der Waals surface area contributed by atoms with Crippen LogP contribution in [-0.4, -0.2) is 57.0 Å². The van der Waals surface area contributed by atoms with Crippen LogP contribution in [-0.2, 0) is 14.3 Å². The molecule has 0 aromatic heterocycles. The summed E-state index contributed by atoms with van der Waals surface area (Å²) in [7, 11) is 0. The van der Waals surface area contributed by atoms with Crippen molar-refractivity contribution in [3.05, 3.63) is 24.3 Å². The Hall–Kier alpha value is -1.46. The minimum Gasteiger partial charge on any atom is -0.390 e. The van der Waals surface area contributed by atoms with E-state index in [0.29, 0.717) is 25.7 Å². The van der Waals surface area contributed by atoms with Crippen molar-refractivity contribution in [3.63, 3.8) is 0 Å². The minimum atomic E-state index is -0.836. The van der Waals surface area contributed by atoms with Gasteiger partial charge in [0.05, 0.1) is 0 Å². The molecule has 0 rings (SSSR count). The third-order valence-electron chi connectivity index (χ3n) is 12.5. The van der Waals surface area contributed by atoms with Crippen LogP contribution in [0.5, 0.6) is 0 Å². The SMILES string of the molecule is CCCCCCCCC=CCCCCCCC(CC)(C(=O)OC(=O)C(CC)(CCCCCCC=CCCCCCCCC)N(C(C)C)C(C)C)N(C(C)C)C(C)C. The van der Waals surface area contributed by atoms with Crippen LogP contribution in [0.3, 0.4) is 0 Å². The quantitative estimate of drug-likeness (QED) is 0.0269. The Kier molecular flexibility index (Phi) is 33.4. The third-order valence-corrected chi connectivity index (χ3v) is 12.5. The zero-order valence-electron chi connectivity index (χ0n) is 40.5. The summed E-state index contributed by atoms with van der Waals surface area (Å²) in [5.74, 6) is -0.680. The van der Waals surface area contributed by atoms with Gasteiger partial charge in [-0.2, -0.15) is 0 Å². The van der Waals surface area contributed by atoms with Crippen molar-refractivity contribution in [2.75, 3.05) is 0 Å². The molecule has 5 nitrogen and oxygen atoms in total. The molecule has 5 heteroatoms. The van der Waals surface area contributed by atoms with Crippen molar-refractivity contribution in [2.45, 2.75) is 298 Å². The Morgan fingerprint density at radius 2 is 0.649 bits per heavy atom. The molecule has 0 bridgehead atoms. The average molecular weight is 801 g/mol. The fraction of sp³-hybridized carbons (Fsp3) is 0.885. The minimum absolute atomic E-state index is 0.147. The Labute approximate surface area is 357 Å². The summed E-state index contributed by atoms with van der Waals surface area (Å²) in [4.78, 5) is 34.1. The lowest BCUT2D eigenvalue weighted by molar-refractivity contribution is -0.182. The lowest BCUT2D eigenvalue weighted by Gasteiger charge is -2.48. The fourth-order valence-electron chi connectivity index (χ4n) is 9.75. The zero-order chi connectivity index (χ0) is 43.0. The van der Waals surface area contributed by atoms with Crippen molar-refractivity contribution in [1.29, 1.82) is 0 Å². The van der Waals surface area contributed by atoms with Gasteiger partial charge in [0.1, 0.15) is 11.1 Å². The molecular weight excluding hydrogens is 701 g/mol. The van der Waals surface area contributed by atoms with Gasteiger partial charge in [-0.15, -0.1) is 0 Å². The summed E-state index contributed by atoms with van der Waals surface area (Å²) in [5.41, 5.74) is -1.67. The second-order valence-electron chi connectivity index (χ2n) is 18.6. The molecule has 336 valence electrons. The normalized spacial score (nSPS) is 14.7. The number of hydrogen-bond acceptors (Lipinski definition) is 5. The molecule has 0 aliphatic rings. The van der Waals surface area contributed by atoms with Gasteiger partial charge in [-0.05, 0) is 132 Å². The summed E-state index contributed by atoms with van der Waals surface area (Å²) in [6.07, 6.45) is 41.8. The predicted octanol–water partition coefficient (Wildman–Crippen LogP) is 15.9. The first-order valence-corrected chi connectivity index (χ1v) is 25.0. The molecule has 0 saturated heterocycles. The van der Waals surface area contributed by atoms with E-state index in [9.17, 15) is 9.59 Å². The highest BCUT2D eigenvalue weighted by Gasteiger charge is 2.51. The maximum atomic E-state index is 14.7. The van der Waals surface area contributed by atoms with Gasteiger partial charge in [0.25, 0.3) is 0 Å². The smallest absolute Gasteiger partial charge is 0.334 e. The van der Waals surface area contributed by atoms with Gasteiger partial charge >= 0.3 is 11.9 Å². The number of carbonyl (C=O) groups is 2. The second kappa shape index (κ2) is 34.3. The standard InChI is InChI=1S/C52H100N2O3/c1-13-17-19-21-23-25-27-29-31-33-35-37-39-41-43-51(15-3,53(45(5)6)46(7)8)49(55)57-50(56)52(16-4,54(47(9)10)48(11)12)44-42-40-38-36-34-32-30-28-26-24-22-20-18-14-2/h29-32,45-48H,13-28,33-44H2,1-12H3. The summed E-state index contributed by atoms with van der Waals surface area (Å²) in [6.45, 7) is 26.2. The van der Waals surface area contributed by atoms with Crippen LogP contribution in [0.15, 0.2) is 24.3 Å². The van der Waals surface area contributed by atoms with Crippen LogP contribution in [0, 0.1) is 0 Å². The van der Waals surface area contributed by atoms with Crippen LogP contribution in [0.25, 0.3) is 0 Å². The molecular formula is C52H100N2O3.